The lowest BCUT2D eigenvalue weighted by atomic mass is 10.0. The Morgan fingerprint density at radius 1 is 1.15 bits per heavy atom. The van der Waals surface area contributed by atoms with Crippen molar-refractivity contribution in [2.24, 2.45) is 0 Å². The van der Waals surface area contributed by atoms with Crippen LogP contribution >= 0.6 is 11.6 Å². The molecule has 70 valence electrons. The average molecular weight is 195 g/mol. The summed E-state index contributed by atoms with van der Waals surface area (Å²) in [6.45, 7) is 4.05. The molecule has 0 heterocycles. The maximum absolute atomic E-state index is 5.60. The van der Waals surface area contributed by atoms with Crippen LogP contribution in [0, 0.1) is 0 Å². The van der Waals surface area contributed by atoms with E-state index in [1.807, 2.05) is 18.2 Å². The van der Waals surface area contributed by atoms with Gasteiger partial charge < -0.3 is 0 Å². The maximum atomic E-state index is 5.60. The van der Waals surface area contributed by atoms with Crippen LogP contribution in [0.25, 0.3) is 5.57 Å². The van der Waals surface area contributed by atoms with Gasteiger partial charge in [-0.3, -0.25) is 0 Å². The van der Waals surface area contributed by atoms with Crippen molar-refractivity contribution in [2.75, 3.05) is 5.88 Å². The van der Waals surface area contributed by atoms with Crippen molar-refractivity contribution in [1.82, 2.24) is 0 Å². The van der Waals surface area contributed by atoms with Crippen LogP contribution in [0.3, 0.4) is 0 Å². The van der Waals surface area contributed by atoms with Crippen molar-refractivity contribution in [2.45, 2.75) is 19.3 Å². The van der Waals surface area contributed by atoms with Gasteiger partial charge in [0.25, 0.3) is 0 Å². The summed E-state index contributed by atoms with van der Waals surface area (Å²) in [5.74, 6) is 0.752. The van der Waals surface area contributed by atoms with Crippen molar-refractivity contribution in [1.29, 1.82) is 0 Å². The minimum atomic E-state index is 0.752. The molecule has 0 radical (unpaired) electrons. The third-order valence-electron chi connectivity index (χ3n) is 2.04. The van der Waals surface area contributed by atoms with Crippen LogP contribution in [0.2, 0.25) is 0 Å². The van der Waals surface area contributed by atoms with Gasteiger partial charge in [0.15, 0.2) is 0 Å². The zero-order valence-corrected chi connectivity index (χ0v) is 8.56. The lowest BCUT2D eigenvalue weighted by molar-refractivity contribution is 0.830. The molecule has 0 fully saturated rings. The Balaban J connectivity index is 2.40. The molecular formula is C12H15Cl. The molecule has 0 bridgehead atoms. The summed E-state index contributed by atoms with van der Waals surface area (Å²) in [5.41, 5.74) is 2.46. The highest BCUT2D eigenvalue weighted by Gasteiger charge is 1.96. The molecule has 0 N–H and O–H groups in total. The number of unbranched alkanes of at least 4 members (excludes halogenated alkanes) is 1. The number of hydrogen-bond acceptors (Lipinski definition) is 0. The first kappa shape index (κ1) is 10.3. The highest BCUT2D eigenvalue weighted by Crippen LogP contribution is 2.17. The predicted octanol–water partition coefficient (Wildman–Crippen LogP) is 4.11. The van der Waals surface area contributed by atoms with Crippen LogP contribution in [-0.4, -0.2) is 5.88 Å². The molecule has 0 saturated carbocycles. The van der Waals surface area contributed by atoms with Gasteiger partial charge in [-0.2, -0.15) is 0 Å². The minimum absolute atomic E-state index is 0.752. The molecule has 1 rings (SSSR count). The molecule has 0 saturated heterocycles. The van der Waals surface area contributed by atoms with Crippen LogP contribution in [0.1, 0.15) is 24.8 Å². The lowest BCUT2D eigenvalue weighted by Crippen LogP contribution is -1.83. The topological polar surface area (TPSA) is 0 Å². The predicted molar refractivity (Wildman–Crippen MR) is 60.0 cm³/mol. The second kappa shape index (κ2) is 5.82. The van der Waals surface area contributed by atoms with Gasteiger partial charge in [0.05, 0.1) is 0 Å². The summed E-state index contributed by atoms with van der Waals surface area (Å²) in [6, 6.07) is 10.3. The van der Waals surface area contributed by atoms with Crippen LogP contribution in [0.15, 0.2) is 36.9 Å². The van der Waals surface area contributed by atoms with Gasteiger partial charge in [-0.15, -0.1) is 11.6 Å². The second-order valence-corrected chi connectivity index (χ2v) is 3.49. The summed E-state index contributed by atoms with van der Waals surface area (Å²) in [7, 11) is 0. The second-order valence-electron chi connectivity index (χ2n) is 3.12. The quantitative estimate of drug-likeness (QED) is 0.489. The SMILES string of the molecule is C=C(CCCCCl)c1ccccc1. The first-order chi connectivity index (χ1) is 6.34. The van der Waals surface area contributed by atoms with Crippen LogP contribution in [0.5, 0.6) is 0 Å². The molecule has 1 heteroatoms. The van der Waals surface area contributed by atoms with E-state index in [1.54, 1.807) is 0 Å². The molecule has 13 heavy (non-hydrogen) atoms. The molecule has 0 aromatic heterocycles. The van der Waals surface area contributed by atoms with E-state index in [0.29, 0.717) is 0 Å². The van der Waals surface area contributed by atoms with Crippen molar-refractivity contribution in [3.05, 3.63) is 42.5 Å². The van der Waals surface area contributed by atoms with Gasteiger partial charge >= 0.3 is 0 Å². The first-order valence-corrected chi connectivity index (χ1v) is 5.17. The zero-order chi connectivity index (χ0) is 9.52. The number of allylic oxidation sites excluding steroid dienone is 1. The fourth-order valence-electron chi connectivity index (χ4n) is 1.25. The third kappa shape index (κ3) is 3.65. The summed E-state index contributed by atoms with van der Waals surface area (Å²) in [4.78, 5) is 0. The van der Waals surface area contributed by atoms with Crippen LogP contribution < -0.4 is 0 Å². The molecule has 0 amide bonds. The van der Waals surface area contributed by atoms with E-state index < -0.39 is 0 Å². The maximum Gasteiger partial charge on any atom is 0.0223 e. The van der Waals surface area contributed by atoms with E-state index in [0.717, 1.165) is 25.1 Å². The molecule has 0 nitrogen and oxygen atoms in total. The number of halogens is 1. The smallest absolute Gasteiger partial charge is 0.0223 e. The third-order valence-corrected chi connectivity index (χ3v) is 2.31. The minimum Gasteiger partial charge on any atom is -0.127 e. The average Bonchev–Trinajstić information content (AvgIpc) is 2.19. The van der Waals surface area contributed by atoms with E-state index in [4.69, 9.17) is 11.6 Å². The normalized spacial score (nSPS) is 9.92. The Labute approximate surface area is 85.2 Å². The van der Waals surface area contributed by atoms with Gasteiger partial charge in [-0.25, -0.2) is 0 Å². The standard InChI is InChI=1S/C12H15Cl/c1-11(7-5-6-10-13)12-8-3-2-4-9-12/h2-4,8-9H,1,5-7,10H2. The molecule has 1 aromatic rings. The van der Waals surface area contributed by atoms with Crippen molar-refractivity contribution in [3.8, 4) is 0 Å². The van der Waals surface area contributed by atoms with Gasteiger partial charge in [-0.05, 0) is 30.4 Å². The van der Waals surface area contributed by atoms with E-state index in [-0.39, 0.29) is 0 Å². The fraction of sp³-hybridized carbons (Fsp3) is 0.333. The number of alkyl halides is 1. The molecule has 0 aliphatic carbocycles. The van der Waals surface area contributed by atoms with Crippen molar-refractivity contribution >= 4 is 17.2 Å². The van der Waals surface area contributed by atoms with Crippen molar-refractivity contribution in [3.63, 3.8) is 0 Å². The highest BCUT2D eigenvalue weighted by atomic mass is 35.5. The Kier molecular flexibility index (Phi) is 4.63. The largest absolute Gasteiger partial charge is 0.127 e. The first-order valence-electron chi connectivity index (χ1n) is 4.64. The Bertz CT molecular complexity index is 251. The zero-order valence-electron chi connectivity index (χ0n) is 7.80. The molecule has 0 spiro atoms. The van der Waals surface area contributed by atoms with Gasteiger partial charge in [0, 0.05) is 5.88 Å². The molecule has 0 aliphatic rings. The van der Waals surface area contributed by atoms with Crippen LogP contribution in [-0.2, 0) is 0 Å². The summed E-state index contributed by atoms with van der Waals surface area (Å²) < 4.78 is 0. The Hall–Kier alpha value is -0.750. The molecule has 0 unspecified atom stereocenters. The van der Waals surface area contributed by atoms with Crippen LogP contribution in [0.4, 0.5) is 0 Å². The Morgan fingerprint density at radius 3 is 2.46 bits per heavy atom. The van der Waals surface area contributed by atoms with E-state index in [9.17, 15) is 0 Å². The summed E-state index contributed by atoms with van der Waals surface area (Å²) in [5, 5.41) is 0. The van der Waals surface area contributed by atoms with Crippen molar-refractivity contribution < 1.29 is 0 Å². The lowest BCUT2D eigenvalue weighted by Gasteiger charge is -2.04. The van der Waals surface area contributed by atoms with E-state index in [2.05, 4.69) is 18.7 Å². The van der Waals surface area contributed by atoms with E-state index in [1.165, 1.54) is 11.1 Å². The summed E-state index contributed by atoms with van der Waals surface area (Å²) in [6.07, 6.45) is 3.27. The Morgan fingerprint density at radius 2 is 1.85 bits per heavy atom. The van der Waals surface area contributed by atoms with Gasteiger partial charge in [0.2, 0.25) is 0 Å². The highest BCUT2D eigenvalue weighted by molar-refractivity contribution is 6.17. The molecule has 0 atom stereocenters. The monoisotopic (exact) mass is 194 g/mol. The summed E-state index contributed by atoms with van der Waals surface area (Å²) >= 11 is 5.60. The number of benzene rings is 1. The number of rotatable bonds is 5. The van der Waals surface area contributed by atoms with Gasteiger partial charge in [-0.1, -0.05) is 36.9 Å². The molecule has 1 aromatic carbocycles. The fourth-order valence-corrected chi connectivity index (χ4v) is 1.44. The molecule has 0 aliphatic heterocycles. The molecular weight excluding hydrogens is 180 g/mol. The number of hydrogen-bond donors (Lipinski definition) is 0. The van der Waals surface area contributed by atoms with E-state index >= 15 is 0 Å². The van der Waals surface area contributed by atoms with Gasteiger partial charge in [0.1, 0.15) is 0 Å².